The summed E-state index contributed by atoms with van der Waals surface area (Å²) in [6, 6.07) is 24.4. The van der Waals surface area contributed by atoms with Crippen LogP contribution < -0.4 is 0 Å². The summed E-state index contributed by atoms with van der Waals surface area (Å²) in [5, 5.41) is 1.82. The van der Waals surface area contributed by atoms with Gasteiger partial charge in [-0.1, -0.05) is 65.7 Å². The van der Waals surface area contributed by atoms with Crippen LogP contribution in [0.1, 0.15) is 11.5 Å². The van der Waals surface area contributed by atoms with E-state index in [-0.39, 0.29) is 0 Å². The maximum Gasteiger partial charge on any atom is 0.192 e. The summed E-state index contributed by atoms with van der Waals surface area (Å²) in [6.07, 6.45) is 0. The second-order valence-electron chi connectivity index (χ2n) is 7.21. The van der Waals surface area contributed by atoms with Gasteiger partial charge < -0.3 is 9.40 Å². The Morgan fingerprint density at radius 1 is 0.862 bits per heavy atom. The Morgan fingerprint density at radius 3 is 2.38 bits per heavy atom. The first kappa shape index (κ1) is 17.8. The third-order valence-electron chi connectivity index (χ3n) is 5.10. The van der Waals surface area contributed by atoms with E-state index in [1.807, 2.05) is 49.4 Å². The van der Waals surface area contributed by atoms with Crippen molar-refractivity contribution in [1.82, 2.24) is 9.97 Å². The highest BCUT2D eigenvalue weighted by Gasteiger charge is 2.23. The molecule has 0 saturated heterocycles. The number of fused-ring (bicyclic) bond motifs is 1. The van der Waals surface area contributed by atoms with Gasteiger partial charge in [0.25, 0.3) is 0 Å². The molecule has 2 aromatic heterocycles. The van der Waals surface area contributed by atoms with Gasteiger partial charge in [0.15, 0.2) is 11.7 Å². The Bertz CT molecular complexity index is 1310. The van der Waals surface area contributed by atoms with Crippen LogP contribution in [0.3, 0.4) is 0 Å². The number of nitrogens with one attached hydrogen (secondary N) is 1. The Kier molecular flexibility index (Phi) is 4.26. The van der Waals surface area contributed by atoms with Crippen LogP contribution in [-0.2, 0) is 0 Å². The monoisotopic (exact) mass is 398 g/mol. The van der Waals surface area contributed by atoms with Crippen molar-refractivity contribution in [3.05, 3.63) is 89.3 Å². The smallest absolute Gasteiger partial charge is 0.192 e. The van der Waals surface area contributed by atoms with Crippen molar-refractivity contribution in [2.24, 2.45) is 0 Å². The van der Waals surface area contributed by atoms with Gasteiger partial charge in [-0.25, -0.2) is 4.98 Å². The van der Waals surface area contributed by atoms with Crippen molar-refractivity contribution in [3.8, 4) is 33.8 Å². The first-order valence-corrected chi connectivity index (χ1v) is 9.89. The number of oxazole rings is 1. The molecule has 142 valence electrons. The third-order valence-corrected chi connectivity index (χ3v) is 5.35. The number of hydrogen-bond donors (Lipinski definition) is 1. The molecule has 5 aromatic rings. The van der Waals surface area contributed by atoms with E-state index in [1.165, 1.54) is 5.56 Å². The van der Waals surface area contributed by atoms with Gasteiger partial charge in [0, 0.05) is 28.4 Å². The topological polar surface area (TPSA) is 41.8 Å². The number of aryl methyl sites for hydroxylation is 2. The molecule has 0 fully saturated rings. The Hall–Kier alpha value is -3.30. The van der Waals surface area contributed by atoms with Crippen molar-refractivity contribution >= 4 is 22.5 Å². The van der Waals surface area contributed by atoms with E-state index in [1.54, 1.807) is 0 Å². The normalized spacial score (nSPS) is 11.3. The van der Waals surface area contributed by atoms with Crippen LogP contribution in [0, 0.1) is 13.8 Å². The highest BCUT2D eigenvalue weighted by Crippen LogP contribution is 2.43. The summed E-state index contributed by atoms with van der Waals surface area (Å²) in [6.45, 7) is 3.98. The van der Waals surface area contributed by atoms with E-state index in [9.17, 15) is 0 Å². The molecule has 1 N–H and O–H groups in total. The molecule has 0 saturated carbocycles. The molecule has 0 bridgehead atoms. The zero-order chi connectivity index (χ0) is 20.0. The summed E-state index contributed by atoms with van der Waals surface area (Å²) in [5.74, 6) is 1.39. The maximum absolute atomic E-state index is 6.19. The molecule has 4 heteroatoms. The molecule has 3 nitrogen and oxygen atoms in total. The van der Waals surface area contributed by atoms with Gasteiger partial charge in [-0.2, -0.15) is 0 Å². The van der Waals surface area contributed by atoms with Gasteiger partial charge in [-0.05, 0) is 36.8 Å². The summed E-state index contributed by atoms with van der Waals surface area (Å²) >= 11 is 6.10. The molecule has 0 aliphatic heterocycles. The highest BCUT2D eigenvalue weighted by molar-refractivity contribution is 6.30. The lowest BCUT2D eigenvalue weighted by Gasteiger charge is -2.06. The van der Waals surface area contributed by atoms with Crippen molar-refractivity contribution in [1.29, 1.82) is 0 Å². The fourth-order valence-corrected chi connectivity index (χ4v) is 3.89. The van der Waals surface area contributed by atoms with Gasteiger partial charge in [0.2, 0.25) is 0 Å². The predicted octanol–water partition coefficient (Wildman–Crippen LogP) is 7.43. The summed E-state index contributed by atoms with van der Waals surface area (Å²) in [7, 11) is 0. The maximum atomic E-state index is 6.19. The van der Waals surface area contributed by atoms with Crippen LogP contribution >= 0.6 is 11.6 Å². The standard InChI is InChI=1S/C25H19ClN2O/c1-15-8-13-21-20(14-15)22(23(28-21)17-6-4-3-5-7-17)25-24(27-16(2)29-25)18-9-11-19(26)12-10-18/h3-14,28H,1-2H3. The largest absolute Gasteiger partial charge is 0.440 e. The van der Waals surface area contributed by atoms with Gasteiger partial charge in [0.05, 0.1) is 11.3 Å². The number of hydrogen-bond acceptors (Lipinski definition) is 2. The van der Waals surface area contributed by atoms with E-state index < -0.39 is 0 Å². The highest BCUT2D eigenvalue weighted by atomic mass is 35.5. The SMILES string of the molecule is Cc1ccc2[nH]c(-c3ccccc3)c(-c3oc(C)nc3-c3ccc(Cl)cc3)c2c1. The summed E-state index contributed by atoms with van der Waals surface area (Å²) in [5.41, 5.74) is 7.22. The lowest BCUT2D eigenvalue weighted by Crippen LogP contribution is -1.85. The first-order valence-electron chi connectivity index (χ1n) is 9.51. The van der Waals surface area contributed by atoms with E-state index in [0.717, 1.165) is 44.7 Å². The van der Waals surface area contributed by atoms with Gasteiger partial charge >= 0.3 is 0 Å². The lowest BCUT2D eigenvalue weighted by atomic mass is 9.99. The minimum atomic E-state index is 0.631. The minimum Gasteiger partial charge on any atom is -0.440 e. The quantitative estimate of drug-likeness (QED) is 0.343. The zero-order valence-corrected chi connectivity index (χ0v) is 16.9. The van der Waals surface area contributed by atoms with E-state index in [0.29, 0.717) is 10.9 Å². The average Bonchev–Trinajstić information content (AvgIpc) is 3.29. The van der Waals surface area contributed by atoms with Crippen LogP contribution in [0.25, 0.3) is 44.7 Å². The van der Waals surface area contributed by atoms with Gasteiger partial charge in [-0.3, -0.25) is 0 Å². The molecule has 0 aliphatic rings. The molecule has 0 radical (unpaired) electrons. The Morgan fingerprint density at radius 2 is 1.62 bits per heavy atom. The summed E-state index contributed by atoms with van der Waals surface area (Å²) in [4.78, 5) is 8.30. The third kappa shape index (κ3) is 3.14. The molecule has 0 unspecified atom stereocenters. The molecule has 0 amide bonds. The van der Waals surface area contributed by atoms with Gasteiger partial charge in [-0.15, -0.1) is 0 Å². The number of halogens is 1. The second-order valence-corrected chi connectivity index (χ2v) is 7.64. The summed E-state index contributed by atoms with van der Waals surface area (Å²) < 4.78 is 6.19. The van der Waals surface area contributed by atoms with Crippen LogP contribution in [0.4, 0.5) is 0 Å². The van der Waals surface area contributed by atoms with Crippen molar-refractivity contribution < 1.29 is 4.42 Å². The van der Waals surface area contributed by atoms with Crippen LogP contribution in [0.15, 0.2) is 77.2 Å². The molecule has 3 aromatic carbocycles. The molecule has 0 aliphatic carbocycles. The first-order chi connectivity index (χ1) is 14.1. The Balaban J connectivity index is 1.84. The van der Waals surface area contributed by atoms with E-state index in [2.05, 4.69) is 42.2 Å². The lowest BCUT2D eigenvalue weighted by molar-refractivity contribution is 0.535. The molecular formula is C25H19ClN2O. The minimum absolute atomic E-state index is 0.631. The predicted molar refractivity (Wildman–Crippen MR) is 119 cm³/mol. The average molecular weight is 399 g/mol. The fourth-order valence-electron chi connectivity index (χ4n) is 3.76. The van der Waals surface area contributed by atoms with Crippen molar-refractivity contribution in [3.63, 3.8) is 0 Å². The molecule has 29 heavy (non-hydrogen) atoms. The molecular weight excluding hydrogens is 380 g/mol. The number of benzene rings is 3. The van der Waals surface area contributed by atoms with Crippen molar-refractivity contribution in [2.45, 2.75) is 13.8 Å². The number of rotatable bonds is 3. The molecule has 2 heterocycles. The molecule has 0 atom stereocenters. The van der Waals surface area contributed by atoms with E-state index in [4.69, 9.17) is 21.0 Å². The molecule has 0 spiro atoms. The zero-order valence-electron chi connectivity index (χ0n) is 16.2. The Labute approximate surface area is 174 Å². The fraction of sp³-hybridized carbons (Fsp3) is 0.0800. The van der Waals surface area contributed by atoms with Crippen molar-refractivity contribution in [2.75, 3.05) is 0 Å². The van der Waals surface area contributed by atoms with Crippen LogP contribution in [0.5, 0.6) is 0 Å². The van der Waals surface area contributed by atoms with E-state index >= 15 is 0 Å². The number of aromatic amines is 1. The van der Waals surface area contributed by atoms with Crippen LogP contribution in [0.2, 0.25) is 5.02 Å². The number of H-pyrrole nitrogens is 1. The van der Waals surface area contributed by atoms with Gasteiger partial charge in [0.1, 0.15) is 5.69 Å². The van der Waals surface area contributed by atoms with Crippen LogP contribution in [-0.4, -0.2) is 9.97 Å². The second kappa shape index (κ2) is 6.94. The molecule has 5 rings (SSSR count). The number of nitrogens with zero attached hydrogens (tertiary/aromatic N) is 1. The number of aromatic nitrogens is 2.